The molecule has 9 nitrogen and oxygen atoms in total. The first kappa shape index (κ1) is 22.9. The van der Waals surface area contributed by atoms with Crippen LogP contribution in [-0.4, -0.2) is 56.5 Å². The maximum Gasteiger partial charge on any atom is 0.227 e. The summed E-state index contributed by atoms with van der Waals surface area (Å²) in [6, 6.07) is 11.3. The molecule has 4 aromatic rings. The van der Waals surface area contributed by atoms with Crippen molar-refractivity contribution in [3.63, 3.8) is 0 Å². The molecule has 0 radical (unpaired) electrons. The van der Waals surface area contributed by atoms with Crippen LogP contribution in [0.15, 0.2) is 55.0 Å². The van der Waals surface area contributed by atoms with Crippen LogP contribution in [0.4, 0.5) is 11.6 Å². The van der Waals surface area contributed by atoms with Crippen LogP contribution in [0.3, 0.4) is 0 Å². The van der Waals surface area contributed by atoms with Crippen LogP contribution in [0.1, 0.15) is 19.8 Å². The number of hydrogen-bond donors (Lipinski definition) is 1. The van der Waals surface area contributed by atoms with Gasteiger partial charge in [0.1, 0.15) is 29.4 Å². The zero-order valence-electron chi connectivity index (χ0n) is 19.4. The number of anilines is 2. The van der Waals surface area contributed by atoms with Crippen molar-refractivity contribution in [2.24, 2.45) is 0 Å². The van der Waals surface area contributed by atoms with E-state index in [4.69, 9.17) is 21.1 Å². The molecule has 1 amide bonds. The summed E-state index contributed by atoms with van der Waals surface area (Å²) in [5.74, 6) is 1.68. The number of fused-ring (bicyclic) bond motifs is 1. The number of aromatic nitrogens is 4. The molecular weight excluding hydrogens is 468 g/mol. The Hall–Kier alpha value is -3.85. The van der Waals surface area contributed by atoms with E-state index in [9.17, 15) is 4.79 Å². The summed E-state index contributed by atoms with van der Waals surface area (Å²) in [5.41, 5.74) is 2.80. The standard InChI is InChI=1S/C25H25ClN6O3/c1-16(33)31-11-5-6-17(31)15-35-18-8-9-20(22(12-18)34-2)29-25-28-13-19(26)24(30-25)21-14-27-23-7-3-4-10-32(21)23/h3-4,7-10,12-14,17H,5-6,11,15H2,1-2H3,(H,28,29,30). The summed E-state index contributed by atoms with van der Waals surface area (Å²) in [5, 5.41) is 3.62. The first-order chi connectivity index (χ1) is 17.0. The molecule has 35 heavy (non-hydrogen) atoms. The molecule has 0 spiro atoms. The maximum absolute atomic E-state index is 11.8. The summed E-state index contributed by atoms with van der Waals surface area (Å²) in [6.07, 6.45) is 7.14. The number of nitrogens with one attached hydrogen (secondary N) is 1. The third-order valence-corrected chi connectivity index (χ3v) is 6.32. The molecule has 1 unspecified atom stereocenters. The molecule has 180 valence electrons. The van der Waals surface area contributed by atoms with Gasteiger partial charge in [0.25, 0.3) is 0 Å². The lowest BCUT2D eigenvalue weighted by Crippen LogP contribution is -2.37. The molecule has 1 aliphatic heterocycles. The van der Waals surface area contributed by atoms with Gasteiger partial charge < -0.3 is 19.7 Å². The van der Waals surface area contributed by atoms with Crippen LogP contribution in [-0.2, 0) is 4.79 Å². The summed E-state index contributed by atoms with van der Waals surface area (Å²) >= 11 is 6.43. The number of carbonyl (C=O) groups excluding carboxylic acids is 1. The fourth-order valence-electron chi connectivity index (χ4n) is 4.32. The Morgan fingerprint density at radius 3 is 2.94 bits per heavy atom. The number of rotatable bonds is 7. The van der Waals surface area contributed by atoms with Gasteiger partial charge in [-0.05, 0) is 37.1 Å². The SMILES string of the molecule is COc1cc(OCC2CCCN2C(C)=O)ccc1Nc1ncc(Cl)c(-c2cnc3ccccn23)n1. The van der Waals surface area contributed by atoms with E-state index in [-0.39, 0.29) is 11.9 Å². The number of ether oxygens (including phenoxy) is 2. The molecular formula is C25H25ClN6O3. The van der Waals surface area contributed by atoms with Gasteiger partial charge in [0.15, 0.2) is 0 Å². The summed E-state index contributed by atoms with van der Waals surface area (Å²) in [6.45, 7) is 2.83. The van der Waals surface area contributed by atoms with Crippen molar-refractivity contribution in [3.05, 3.63) is 60.0 Å². The van der Waals surface area contributed by atoms with Gasteiger partial charge >= 0.3 is 0 Å². The molecule has 1 N–H and O–H groups in total. The molecule has 10 heteroatoms. The van der Waals surface area contributed by atoms with Crippen LogP contribution in [0.25, 0.3) is 17.0 Å². The Bertz CT molecular complexity index is 1370. The van der Waals surface area contributed by atoms with Gasteiger partial charge in [-0.3, -0.25) is 9.20 Å². The van der Waals surface area contributed by atoms with Crippen molar-refractivity contribution >= 4 is 34.8 Å². The zero-order valence-corrected chi connectivity index (χ0v) is 20.2. The van der Waals surface area contributed by atoms with Gasteiger partial charge in [0, 0.05) is 25.7 Å². The third kappa shape index (κ3) is 4.72. The van der Waals surface area contributed by atoms with Gasteiger partial charge in [0.2, 0.25) is 11.9 Å². The quantitative estimate of drug-likeness (QED) is 0.403. The van der Waals surface area contributed by atoms with Crippen LogP contribution < -0.4 is 14.8 Å². The van der Waals surface area contributed by atoms with E-state index < -0.39 is 0 Å². The van der Waals surface area contributed by atoms with Crippen molar-refractivity contribution in [2.75, 3.05) is 25.6 Å². The number of halogens is 1. The minimum atomic E-state index is 0.0829. The first-order valence-corrected chi connectivity index (χ1v) is 11.7. The van der Waals surface area contributed by atoms with Gasteiger partial charge in [0.05, 0.1) is 41.9 Å². The van der Waals surface area contributed by atoms with E-state index in [0.717, 1.165) is 30.7 Å². The minimum Gasteiger partial charge on any atom is -0.494 e. The fourth-order valence-corrected chi connectivity index (χ4v) is 4.50. The van der Waals surface area contributed by atoms with Crippen molar-refractivity contribution < 1.29 is 14.3 Å². The second-order valence-electron chi connectivity index (χ2n) is 8.27. The Morgan fingerprint density at radius 2 is 2.11 bits per heavy atom. The second-order valence-corrected chi connectivity index (χ2v) is 8.68. The largest absolute Gasteiger partial charge is 0.494 e. The molecule has 0 bridgehead atoms. The van der Waals surface area contributed by atoms with Crippen molar-refractivity contribution in [1.82, 2.24) is 24.3 Å². The summed E-state index contributed by atoms with van der Waals surface area (Å²) in [7, 11) is 1.59. The number of amides is 1. The van der Waals surface area contributed by atoms with Gasteiger partial charge in [-0.1, -0.05) is 17.7 Å². The highest BCUT2D eigenvalue weighted by molar-refractivity contribution is 6.32. The monoisotopic (exact) mass is 492 g/mol. The van der Waals surface area contributed by atoms with Crippen LogP contribution in [0.5, 0.6) is 11.5 Å². The molecule has 3 aromatic heterocycles. The molecule has 0 aliphatic carbocycles. The van der Waals surface area contributed by atoms with E-state index >= 15 is 0 Å². The number of hydrogen-bond acceptors (Lipinski definition) is 7. The van der Waals surface area contributed by atoms with Crippen molar-refractivity contribution in [2.45, 2.75) is 25.8 Å². The van der Waals surface area contributed by atoms with Gasteiger partial charge in [-0.15, -0.1) is 0 Å². The highest BCUT2D eigenvalue weighted by Gasteiger charge is 2.27. The van der Waals surface area contributed by atoms with E-state index in [2.05, 4.69) is 20.3 Å². The number of likely N-dealkylation sites (tertiary alicyclic amines) is 1. The number of imidazole rings is 1. The minimum absolute atomic E-state index is 0.0829. The lowest BCUT2D eigenvalue weighted by Gasteiger charge is -2.23. The Labute approximate surface area is 207 Å². The number of carbonyl (C=O) groups is 1. The molecule has 5 rings (SSSR count). The van der Waals surface area contributed by atoms with Crippen LogP contribution in [0, 0.1) is 0 Å². The lowest BCUT2D eigenvalue weighted by molar-refractivity contribution is -0.130. The average Bonchev–Trinajstić information content (AvgIpc) is 3.52. The maximum atomic E-state index is 11.8. The summed E-state index contributed by atoms with van der Waals surface area (Å²) < 4.78 is 13.5. The zero-order chi connectivity index (χ0) is 24.4. The molecule has 1 atom stereocenters. The molecule has 0 saturated carbocycles. The van der Waals surface area contributed by atoms with E-state index in [1.54, 1.807) is 32.5 Å². The molecule has 1 aromatic carbocycles. The van der Waals surface area contributed by atoms with E-state index in [1.807, 2.05) is 45.8 Å². The summed E-state index contributed by atoms with van der Waals surface area (Å²) in [4.78, 5) is 27.0. The number of nitrogens with zero attached hydrogens (tertiary/aromatic N) is 5. The second kappa shape index (κ2) is 9.79. The Kier molecular flexibility index (Phi) is 6.41. The Balaban J connectivity index is 1.35. The number of benzene rings is 1. The molecule has 4 heterocycles. The number of methoxy groups -OCH3 is 1. The van der Waals surface area contributed by atoms with Crippen molar-refractivity contribution in [3.8, 4) is 22.9 Å². The topological polar surface area (TPSA) is 93.9 Å². The normalized spacial score (nSPS) is 15.4. The first-order valence-electron chi connectivity index (χ1n) is 11.3. The van der Waals surface area contributed by atoms with Crippen LogP contribution in [0.2, 0.25) is 5.02 Å². The van der Waals surface area contributed by atoms with Gasteiger partial charge in [-0.2, -0.15) is 0 Å². The molecule has 1 aliphatic rings. The van der Waals surface area contributed by atoms with E-state index in [0.29, 0.717) is 40.5 Å². The Morgan fingerprint density at radius 1 is 1.23 bits per heavy atom. The highest BCUT2D eigenvalue weighted by Crippen LogP contribution is 2.33. The molecule has 1 saturated heterocycles. The predicted molar refractivity (Wildman–Crippen MR) is 133 cm³/mol. The molecule has 1 fully saturated rings. The predicted octanol–water partition coefficient (Wildman–Crippen LogP) is 4.59. The highest BCUT2D eigenvalue weighted by atomic mass is 35.5. The lowest BCUT2D eigenvalue weighted by atomic mass is 10.2. The van der Waals surface area contributed by atoms with E-state index in [1.165, 1.54) is 0 Å². The third-order valence-electron chi connectivity index (χ3n) is 6.05. The van der Waals surface area contributed by atoms with Gasteiger partial charge in [-0.25, -0.2) is 15.0 Å². The van der Waals surface area contributed by atoms with Crippen LogP contribution >= 0.6 is 11.6 Å². The smallest absolute Gasteiger partial charge is 0.227 e. The number of pyridine rings is 1. The fraction of sp³-hybridized carbons (Fsp3) is 0.280. The van der Waals surface area contributed by atoms with Crippen molar-refractivity contribution in [1.29, 1.82) is 0 Å². The average molecular weight is 493 g/mol.